The first kappa shape index (κ1) is 10.5. The summed E-state index contributed by atoms with van der Waals surface area (Å²) in [6.07, 6.45) is 2.68. The predicted octanol–water partition coefficient (Wildman–Crippen LogP) is 2.85. The molecule has 0 atom stereocenters. The first-order valence-corrected chi connectivity index (χ1v) is 6.26. The van der Waals surface area contributed by atoms with Gasteiger partial charge in [0.2, 0.25) is 0 Å². The molecule has 0 nitrogen and oxygen atoms in total. The molecule has 0 unspecified atom stereocenters. The minimum absolute atomic E-state index is 1.01. The van der Waals surface area contributed by atoms with E-state index < -0.39 is 0 Å². The smallest absolute Gasteiger partial charge is 0.0654 e. The fourth-order valence-electron chi connectivity index (χ4n) is 1.34. The summed E-state index contributed by atoms with van der Waals surface area (Å²) in [5.74, 6) is 0. The van der Waals surface area contributed by atoms with Gasteiger partial charge in [-0.25, -0.2) is 0 Å². The van der Waals surface area contributed by atoms with Crippen LogP contribution in [-0.2, 0) is 0 Å². The van der Waals surface area contributed by atoms with Crippen LogP contribution < -0.4 is 5.19 Å². The minimum Gasteiger partial charge on any atom is -0.0654 e. The Bertz CT molecular complexity index is 266. The van der Waals surface area contributed by atoms with Gasteiger partial charge in [-0.1, -0.05) is 49.2 Å². The average molecular weight is 190 g/mol. The Labute approximate surface area is 84.2 Å². The van der Waals surface area contributed by atoms with Crippen molar-refractivity contribution < 1.29 is 0 Å². The number of aryl methyl sites for hydroxylation is 1. The SMILES string of the molecule is CCCC[Si]c1cccc(C)c1C. The zero-order chi connectivity index (χ0) is 9.68. The lowest BCUT2D eigenvalue weighted by molar-refractivity contribution is 0.881. The first-order chi connectivity index (χ1) is 6.25. The van der Waals surface area contributed by atoms with Crippen molar-refractivity contribution in [1.29, 1.82) is 0 Å². The second kappa shape index (κ2) is 5.23. The lowest BCUT2D eigenvalue weighted by Gasteiger charge is -2.06. The molecule has 0 fully saturated rings. The van der Waals surface area contributed by atoms with Gasteiger partial charge in [0.1, 0.15) is 0 Å². The topological polar surface area (TPSA) is 0 Å². The second-order valence-corrected chi connectivity index (χ2v) is 4.92. The van der Waals surface area contributed by atoms with Crippen LogP contribution in [-0.4, -0.2) is 9.52 Å². The third-order valence-electron chi connectivity index (χ3n) is 2.45. The molecule has 0 aliphatic carbocycles. The summed E-state index contributed by atoms with van der Waals surface area (Å²) in [6, 6.07) is 8.01. The molecule has 2 radical (unpaired) electrons. The van der Waals surface area contributed by atoms with Gasteiger partial charge in [0.15, 0.2) is 0 Å². The number of unbranched alkanes of at least 4 members (excludes halogenated alkanes) is 1. The Morgan fingerprint density at radius 3 is 2.69 bits per heavy atom. The predicted molar refractivity (Wildman–Crippen MR) is 61.0 cm³/mol. The van der Waals surface area contributed by atoms with Gasteiger partial charge in [0, 0.05) is 0 Å². The third kappa shape index (κ3) is 3.00. The lowest BCUT2D eigenvalue weighted by Crippen LogP contribution is -2.17. The van der Waals surface area contributed by atoms with E-state index in [1.165, 1.54) is 30.0 Å². The van der Waals surface area contributed by atoms with Crippen molar-refractivity contribution in [1.82, 2.24) is 0 Å². The van der Waals surface area contributed by atoms with Crippen LogP contribution >= 0.6 is 0 Å². The zero-order valence-corrected chi connectivity index (χ0v) is 9.85. The number of benzene rings is 1. The highest BCUT2D eigenvalue weighted by Crippen LogP contribution is 2.03. The van der Waals surface area contributed by atoms with Gasteiger partial charge in [-0.3, -0.25) is 0 Å². The maximum Gasteiger partial charge on any atom is 0.0811 e. The fraction of sp³-hybridized carbons (Fsp3) is 0.500. The van der Waals surface area contributed by atoms with Gasteiger partial charge < -0.3 is 0 Å². The molecule has 1 aromatic carbocycles. The largest absolute Gasteiger partial charge is 0.0811 e. The zero-order valence-electron chi connectivity index (χ0n) is 8.85. The minimum atomic E-state index is 1.01. The highest BCUT2D eigenvalue weighted by atomic mass is 28.2. The number of hydrogen-bond donors (Lipinski definition) is 0. The van der Waals surface area contributed by atoms with Crippen LogP contribution in [0.25, 0.3) is 0 Å². The monoisotopic (exact) mass is 190 g/mol. The Kier molecular flexibility index (Phi) is 4.23. The molecule has 1 rings (SSSR count). The van der Waals surface area contributed by atoms with Crippen molar-refractivity contribution in [2.75, 3.05) is 0 Å². The van der Waals surface area contributed by atoms with Crippen molar-refractivity contribution in [2.45, 2.75) is 39.7 Å². The summed E-state index contributed by atoms with van der Waals surface area (Å²) in [5, 5.41) is 1.56. The maximum absolute atomic E-state index is 2.27. The van der Waals surface area contributed by atoms with E-state index in [-0.39, 0.29) is 0 Å². The highest BCUT2D eigenvalue weighted by Gasteiger charge is 2.00. The molecule has 0 aromatic heterocycles. The molecule has 70 valence electrons. The molecule has 0 saturated carbocycles. The maximum atomic E-state index is 2.27. The number of hydrogen-bond acceptors (Lipinski definition) is 0. The number of rotatable bonds is 4. The van der Waals surface area contributed by atoms with Gasteiger partial charge >= 0.3 is 0 Å². The van der Waals surface area contributed by atoms with E-state index in [1.807, 2.05) is 0 Å². The standard InChI is InChI=1S/C12H18Si/c1-4-5-9-13-12-8-6-7-10(2)11(12)3/h6-8H,4-5,9H2,1-3H3. The van der Waals surface area contributed by atoms with Gasteiger partial charge in [-0.15, -0.1) is 0 Å². The highest BCUT2D eigenvalue weighted by molar-refractivity contribution is 6.54. The van der Waals surface area contributed by atoms with Gasteiger partial charge in [-0.2, -0.15) is 0 Å². The first-order valence-electron chi connectivity index (χ1n) is 5.05. The molecule has 0 N–H and O–H groups in total. The Morgan fingerprint density at radius 1 is 1.23 bits per heavy atom. The summed E-state index contributed by atoms with van der Waals surface area (Å²) in [7, 11) is 1.01. The quantitative estimate of drug-likeness (QED) is 0.506. The van der Waals surface area contributed by atoms with Crippen molar-refractivity contribution >= 4 is 14.7 Å². The summed E-state index contributed by atoms with van der Waals surface area (Å²) in [6.45, 7) is 6.69. The summed E-state index contributed by atoms with van der Waals surface area (Å²) >= 11 is 0. The van der Waals surface area contributed by atoms with Crippen LogP contribution in [0.5, 0.6) is 0 Å². The summed E-state index contributed by atoms with van der Waals surface area (Å²) < 4.78 is 0. The van der Waals surface area contributed by atoms with Crippen LogP contribution in [0, 0.1) is 13.8 Å². The normalized spacial score (nSPS) is 10.4. The second-order valence-electron chi connectivity index (χ2n) is 3.53. The van der Waals surface area contributed by atoms with E-state index in [0.717, 1.165) is 9.52 Å². The fourth-order valence-corrected chi connectivity index (χ4v) is 2.82. The van der Waals surface area contributed by atoms with E-state index in [9.17, 15) is 0 Å². The Hall–Kier alpha value is -0.563. The van der Waals surface area contributed by atoms with Crippen LogP contribution in [0.15, 0.2) is 18.2 Å². The van der Waals surface area contributed by atoms with E-state index in [4.69, 9.17) is 0 Å². The van der Waals surface area contributed by atoms with Gasteiger partial charge in [-0.05, 0) is 25.0 Å². The van der Waals surface area contributed by atoms with Crippen LogP contribution in [0.1, 0.15) is 30.9 Å². The molecule has 0 bridgehead atoms. The average Bonchev–Trinajstić information content (AvgIpc) is 2.13. The molecule has 0 saturated heterocycles. The molecule has 1 heteroatoms. The molecule has 0 aliphatic rings. The molecular formula is C12H18Si. The van der Waals surface area contributed by atoms with Crippen LogP contribution in [0.3, 0.4) is 0 Å². The van der Waals surface area contributed by atoms with Crippen LogP contribution in [0.2, 0.25) is 6.04 Å². The van der Waals surface area contributed by atoms with E-state index in [1.54, 1.807) is 5.19 Å². The van der Waals surface area contributed by atoms with E-state index in [0.29, 0.717) is 0 Å². The van der Waals surface area contributed by atoms with Crippen molar-refractivity contribution in [3.8, 4) is 0 Å². The van der Waals surface area contributed by atoms with Crippen molar-refractivity contribution in [3.63, 3.8) is 0 Å². The molecule has 0 aliphatic heterocycles. The summed E-state index contributed by atoms with van der Waals surface area (Å²) in [4.78, 5) is 0. The van der Waals surface area contributed by atoms with E-state index >= 15 is 0 Å². The molecule has 1 aromatic rings. The lowest BCUT2D eigenvalue weighted by atomic mass is 10.1. The molecule has 0 spiro atoms. The molecule has 0 amide bonds. The Balaban J connectivity index is 2.61. The molecule has 13 heavy (non-hydrogen) atoms. The third-order valence-corrected chi connectivity index (χ3v) is 3.98. The molecule has 0 heterocycles. The summed E-state index contributed by atoms with van der Waals surface area (Å²) in [5.41, 5.74) is 2.93. The van der Waals surface area contributed by atoms with Gasteiger partial charge in [0.25, 0.3) is 0 Å². The van der Waals surface area contributed by atoms with Crippen molar-refractivity contribution in [3.05, 3.63) is 29.3 Å². The Morgan fingerprint density at radius 2 is 2.00 bits per heavy atom. The molecular weight excluding hydrogens is 172 g/mol. The van der Waals surface area contributed by atoms with E-state index in [2.05, 4.69) is 39.0 Å². The van der Waals surface area contributed by atoms with Crippen molar-refractivity contribution in [2.24, 2.45) is 0 Å². The van der Waals surface area contributed by atoms with Gasteiger partial charge in [0.05, 0.1) is 9.52 Å². The van der Waals surface area contributed by atoms with Crippen LogP contribution in [0.4, 0.5) is 0 Å².